The van der Waals surface area contributed by atoms with E-state index in [4.69, 9.17) is 10.00 Å². The summed E-state index contributed by atoms with van der Waals surface area (Å²) >= 11 is 0. The number of nitrogens with zero attached hydrogens (tertiary/aromatic N) is 1. The highest BCUT2D eigenvalue weighted by molar-refractivity contribution is 5.75. The van der Waals surface area contributed by atoms with Crippen molar-refractivity contribution in [3.8, 4) is 6.07 Å². The number of benzene rings is 1. The molecule has 1 aromatic carbocycles. The maximum Gasteiger partial charge on any atom is 0.323 e. The van der Waals surface area contributed by atoms with Crippen molar-refractivity contribution < 1.29 is 9.53 Å². The number of hydrogen-bond acceptors (Lipinski definition) is 4. The van der Waals surface area contributed by atoms with Gasteiger partial charge in [-0.1, -0.05) is 19.1 Å². The SMILES string of the molecule is CCOC(=O)C(CC)NCc1cccc(C#N)c1. The minimum Gasteiger partial charge on any atom is -0.465 e. The summed E-state index contributed by atoms with van der Waals surface area (Å²) in [6, 6.07) is 9.12. The highest BCUT2D eigenvalue weighted by atomic mass is 16.5. The van der Waals surface area contributed by atoms with E-state index in [2.05, 4.69) is 11.4 Å². The van der Waals surface area contributed by atoms with Gasteiger partial charge in [-0.3, -0.25) is 4.79 Å². The normalized spacial score (nSPS) is 11.6. The first-order valence-electron chi connectivity index (χ1n) is 6.10. The molecule has 96 valence electrons. The number of nitriles is 1. The van der Waals surface area contributed by atoms with Crippen molar-refractivity contribution in [1.82, 2.24) is 5.32 Å². The maximum absolute atomic E-state index is 11.6. The van der Waals surface area contributed by atoms with Gasteiger partial charge in [0.1, 0.15) is 6.04 Å². The summed E-state index contributed by atoms with van der Waals surface area (Å²) in [6.07, 6.45) is 0.677. The van der Waals surface area contributed by atoms with E-state index < -0.39 is 0 Å². The molecule has 4 heteroatoms. The van der Waals surface area contributed by atoms with Crippen molar-refractivity contribution in [3.05, 3.63) is 35.4 Å². The van der Waals surface area contributed by atoms with Gasteiger partial charge >= 0.3 is 5.97 Å². The summed E-state index contributed by atoms with van der Waals surface area (Å²) in [5.74, 6) is -0.226. The van der Waals surface area contributed by atoms with Gasteiger partial charge in [0.2, 0.25) is 0 Å². The van der Waals surface area contributed by atoms with Gasteiger partial charge in [-0.05, 0) is 31.0 Å². The Balaban J connectivity index is 2.57. The van der Waals surface area contributed by atoms with E-state index in [1.54, 1.807) is 13.0 Å². The lowest BCUT2D eigenvalue weighted by Gasteiger charge is -2.15. The maximum atomic E-state index is 11.6. The molecule has 1 N–H and O–H groups in total. The molecule has 0 saturated heterocycles. The average Bonchev–Trinajstić information content (AvgIpc) is 2.40. The van der Waals surface area contributed by atoms with Crippen molar-refractivity contribution in [1.29, 1.82) is 5.26 Å². The molecular formula is C14H18N2O2. The van der Waals surface area contributed by atoms with E-state index >= 15 is 0 Å². The number of hydrogen-bond donors (Lipinski definition) is 1. The Morgan fingerprint density at radius 1 is 1.50 bits per heavy atom. The van der Waals surface area contributed by atoms with Gasteiger partial charge < -0.3 is 10.1 Å². The van der Waals surface area contributed by atoms with E-state index in [0.29, 0.717) is 25.1 Å². The Bertz CT molecular complexity index is 438. The minimum absolute atomic E-state index is 0.226. The summed E-state index contributed by atoms with van der Waals surface area (Å²) in [5.41, 5.74) is 1.61. The molecule has 0 saturated carbocycles. The molecule has 1 atom stereocenters. The van der Waals surface area contributed by atoms with Crippen molar-refractivity contribution in [2.45, 2.75) is 32.9 Å². The summed E-state index contributed by atoms with van der Waals surface area (Å²) < 4.78 is 4.97. The molecule has 0 aliphatic carbocycles. The molecule has 18 heavy (non-hydrogen) atoms. The van der Waals surface area contributed by atoms with E-state index in [1.165, 1.54) is 0 Å². The van der Waals surface area contributed by atoms with Crippen LogP contribution in [0.3, 0.4) is 0 Å². The van der Waals surface area contributed by atoms with Crippen LogP contribution >= 0.6 is 0 Å². The molecule has 1 aromatic rings. The molecule has 0 aromatic heterocycles. The number of rotatable bonds is 6. The molecule has 0 bridgehead atoms. The van der Waals surface area contributed by atoms with Crippen LogP contribution in [0.1, 0.15) is 31.4 Å². The van der Waals surface area contributed by atoms with Crippen LogP contribution in [0.15, 0.2) is 24.3 Å². The van der Waals surface area contributed by atoms with Gasteiger partial charge in [0.05, 0.1) is 18.2 Å². The molecule has 1 unspecified atom stereocenters. The lowest BCUT2D eigenvalue weighted by Crippen LogP contribution is -2.37. The lowest BCUT2D eigenvalue weighted by atomic mass is 10.1. The van der Waals surface area contributed by atoms with Crippen molar-refractivity contribution >= 4 is 5.97 Å². The molecule has 0 aliphatic rings. The summed E-state index contributed by atoms with van der Waals surface area (Å²) in [6.45, 7) is 4.66. The van der Waals surface area contributed by atoms with Crippen LogP contribution in [-0.2, 0) is 16.1 Å². The fourth-order valence-corrected chi connectivity index (χ4v) is 1.63. The molecule has 0 amide bonds. The Kier molecular flexibility index (Phi) is 5.89. The van der Waals surface area contributed by atoms with Gasteiger partial charge in [0.15, 0.2) is 0 Å². The number of ether oxygens (including phenoxy) is 1. The summed E-state index contributed by atoms with van der Waals surface area (Å²) in [4.78, 5) is 11.6. The van der Waals surface area contributed by atoms with Crippen LogP contribution in [-0.4, -0.2) is 18.6 Å². The Morgan fingerprint density at radius 2 is 2.28 bits per heavy atom. The smallest absolute Gasteiger partial charge is 0.323 e. The molecular weight excluding hydrogens is 228 g/mol. The number of esters is 1. The third-order valence-corrected chi connectivity index (χ3v) is 2.59. The van der Waals surface area contributed by atoms with Gasteiger partial charge in [0.25, 0.3) is 0 Å². The zero-order chi connectivity index (χ0) is 13.4. The monoisotopic (exact) mass is 246 g/mol. The third kappa shape index (κ3) is 4.19. The molecule has 0 aliphatic heterocycles. The van der Waals surface area contributed by atoms with Gasteiger partial charge in [-0.25, -0.2) is 0 Å². The van der Waals surface area contributed by atoms with Crippen LogP contribution < -0.4 is 5.32 Å². The Labute approximate surface area is 108 Å². The van der Waals surface area contributed by atoms with Crippen LogP contribution in [0.5, 0.6) is 0 Å². The average molecular weight is 246 g/mol. The topological polar surface area (TPSA) is 62.1 Å². The first-order chi connectivity index (χ1) is 8.71. The quantitative estimate of drug-likeness (QED) is 0.780. The molecule has 0 spiro atoms. The van der Waals surface area contributed by atoms with Gasteiger partial charge in [-0.15, -0.1) is 0 Å². The predicted molar refractivity (Wildman–Crippen MR) is 68.7 cm³/mol. The molecule has 0 heterocycles. The second kappa shape index (κ2) is 7.46. The highest BCUT2D eigenvalue weighted by Crippen LogP contribution is 2.05. The fraction of sp³-hybridized carbons (Fsp3) is 0.429. The van der Waals surface area contributed by atoms with Crippen molar-refractivity contribution in [2.75, 3.05) is 6.61 Å². The Hall–Kier alpha value is -1.86. The van der Waals surface area contributed by atoms with Gasteiger partial charge in [-0.2, -0.15) is 5.26 Å². The summed E-state index contributed by atoms with van der Waals surface area (Å²) in [5, 5.41) is 11.9. The molecule has 4 nitrogen and oxygen atoms in total. The molecule has 0 fully saturated rings. The second-order valence-corrected chi connectivity index (χ2v) is 3.91. The minimum atomic E-state index is -0.296. The molecule has 0 radical (unpaired) electrons. The van der Waals surface area contributed by atoms with E-state index in [1.807, 2.05) is 25.1 Å². The first-order valence-corrected chi connectivity index (χ1v) is 6.10. The van der Waals surface area contributed by atoms with Crippen LogP contribution in [0.4, 0.5) is 0 Å². The van der Waals surface area contributed by atoms with E-state index in [9.17, 15) is 4.79 Å². The van der Waals surface area contributed by atoms with Gasteiger partial charge in [0, 0.05) is 6.54 Å². The summed E-state index contributed by atoms with van der Waals surface area (Å²) in [7, 11) is 0. The number of nitrogens with one attached hydrogen (secondary N) is 1. The highest BCUT2D eigenvalue weighted by Gasteiger charge is 2.16. The van der Waals surface area contributed by atoms with E-state index in [0.717, 1.165) is 5.56 Å². The standard InChI is InChI=1S/C14H18N2O2/c1-3-13(14(17)18-4-2)16-10-12-7-5-6-11(8-12)9-15/h5-8,13,16H,3-4,10H2,1-2H3. The first kappa shape index (κ1) is 14.2. The van der Waals surface area contributed by atoms with Crippen LogP contribution in [0.25, 0.3) is 0 Å². The zero-order valence-corrected chi connectivity index (χ0v) is 10.8. The third-order valence-electron chi connectivity index (χ3n) is 2.59. The largest absolute Gasteiger partial charge is 0.465 e. The van der Waals surface area contributed by atoms with Crippen molar-refractivity contribution in [2.24, 2.45) is 0 Å². The Morgan fingerprint density at radius 3 is 2.89 bits per heavy atom. The number of carbonyl (C=O) groups excluding carboxylic acids is 1. The molecule has 1 rings (SSSR count). The van der Waals surface area contributed by atoms with E-state index in [-0.39, 0.29) is 12.0 Å². The van der Waals surface area contributed by atoms with Crippen LogP contribution in [0, 0.1) is 11.3 Å². The van der Waals surface area contributed by atoms with Crippen molar-refractivity contribution in [3.63, 3.8) is 0 Å². The lowest BCUT2D eigenvalue weighted by molar-refractivity contribution is -0.145. The zero-order valence-electron chi connectivity index (χ0n) is 10.8. The second-order valence-electron chi connectivity index (χ2n) is 3.91. The fourth-order valence-electron chi connectivity index (χ4n) is 1.63. The number of carbonyl (C=O) groups is 1. The van der Waals surface area contributed by atoms with Crippen LogP contribution in [0.2, 0.25) is 0 Å². The predicted octanol–water partition coefficient (Wildman–Crippen LogP) is 1.99.